The number of nitrogens with zero attached hydrogens (tertiary/aromatic N) is 5. The van der Waals surface area contributed by atoms with E-state index in [0.29, 0.717) is 11.3 Å². The van der Waals surface area contributed by atoms with E-state index < -0.39 is 0 Å². The van der Waals surface area contributed by atoms with Gasteiger partial charge in [-0.25, -0.2) is 4.85 Å². The zero-order valence-electron chi connectivity index (χ0n) is 26.7. The average Bonchev–Trinajstić information content (AvgIpc) is 3.52. The Morgan fingerprint density at radius 2 is 1.08 bits per heavy atom. The Balaban J connectivity index is 1.37. The number of anilines is 6. The summed E-state index contributed by atoms with van der Waals surface area (Å²) in [6.07, 6.45) is 0. The molecule has 2 heterocycles. The number of hydrogen-bond acceptors (Lipinski definition) is 4. The molecule has 234 valence electrons. The predicted octanol–water partition coefficient (Wildman–Crippen LogP) is 12.3. The third-order valence-electron chi connectivity index (χ3n) is 9.17. The van der Waals surface area contributed by atoms with E-state index in [1.54, 1.807) is 0 Å². The van der Waals surface area contributed by atoms with Crippen LogP contribution in [0.3, 0.4) is 0 Å². The van der Waals surface area contributed by atoms with Crippen molar-refractivity contribution in [3.8, 4) is 23.3 Å². The van der Waals surface area contributed by atoms with Gasteiger partial charge in [-0.1, -0.05) is 72.8 Å². The Bertz CT molecular complexity index is 2500. The second-order valence-electron chi connectivity index (χ2n) is 12.1. The van der Waals surface area contributed by atoms with Crippen LogP contribution in [-0.2, 0) is 0 Å². The fraction of sp³-hybridized carbons (Fsp3) is 0. The number of hydrogen-bond donors (Lipinski definition) is 0. The van der Waals surface area contributed by atoms with Crippen molar-refractivity contribution in [2.24, 2.45) is 0 Å². The first kappa shape index (κ1) is 28.9. The van der Waals surface area contributed by atoms with E-state index in [0.717, 1.165) is 62.3 Å². The van der Waals surface area contributed by atoms with Gasteiger partial charge in [0.15, 0.2) is 17.2 Å². The van der Waals surface area contributed by atoms with Gasteiger partial charge in [-0.15, -0.1) is 0 Å². The molecule has 0 atom stereocenters. The van der Waals surface area contributed by atoms with Gasteiger partial charge in [0.05, 0.1) is 57.7 Å². The van der Waals surface area contributed by atoms with Crippen molar-refractivity contribution < 1.29 is 4.74 Å². The van der Waals surface area contributed by atoms with Crippen molar-refractivity contribution in [3.63, 3.8) is 0 Å². The maximum Gasteiger partial charge on any atom is 0.187 e. The molecule has 0 aliphatic carbocycles. The fourth-order valence-electron chi connectivity index (χ4n) is 6.96. The lowest BCUT2D eigenvalue weighted by Gasteiger charge is -2.34. The van der Waals surface area contributed by atoms with Gasteiger partial charge in [0.25, 0.3) is 0 Å². The van der Waals surface area contributed by atoms with Crippen LogP contribution in [0.1, 0.15) is 5.56 Å². The van der Waals surface area contributed by atoms with Crippen molar-refractivity contribution >= 4 is 61.6 Å². The summed E-state index contributed by atoms with van der Waals surface area (Å²) >= 11 is 0. The largest absolute Gasteiger partial charge is 0.453 e. The van der Waals surface area contributed by atoms with Gasteiger partial charge in [0.2, 0.25) is 0 Å². The lowest BCUT2D eigenvalue weighted by Crippen LogP contribution is -2.17. The van der Waals surface area contributed by atoms with Crippen LogP contribution in [0.2, 0.25) is 0 Å². The van der Waals surface area contributed by atoms with Crippen molar-refractivity contribution in [2.75, 3.05) is 9.80 Å². The van der Waals surface area contributed by atoms with Crippen molar-refractivity contribution in [1.82, 2.24) is 4.57 Å². The van der Waals surface area contributed by atoms with Gasteiger partial charge >= 0.3 is 0 Å². The highest BCUT2D eigenvalue weighted by Crippen LogP contribution is 2.52. The van der Waals surface area contributed by atoms with Crippen LogP contribution in [0.25, 0.3) is 32.3 Å². The Morgan fingerprint density at radius 1 is 0.560 bits per heavy atom. The molecule has 1 aliphatic heterocycles. The monoisotopic (exact) mass is 641 g/mol. The van der Waals surface area contributed by atoms with Gasteiger partial charge in [-0.2, -0.15) is 5.26 Å². The quantitative estimate of drug-likeness (QED) is 0.175. The van der Waals surface area contributed by atoms with E-state index in [4.69, 9.17) is 11.3 Å². The second-order valence-corrected chi connectivity index (χ2v) is 12.1. The summed E-state index contributed by atoms with van der Waals surface area (Å²) in [5.74, 6) is 1.54. The van der Waals surface area contributed by atoms with E-state index in [1.165, 1.54) is 10.8 Å². The molecule has 0 saturated heterocycles. The van der Waals surface area contributed by atoms with Crippen LogP contribution in [-0.4, -0.2) is 4.57 Å². The number of ether oxygens (including phenoxy) is 1. The smallest absolute Gasteiger partial charge is 0.187 e. The van der Waals surface area contributed by atoms with Crippen LogP contribution >= 0.6 is 0 Å². The highest BCUT2D eigenvalue weighted by molar-refractivity contribution is 6.09. The van der Waals surface area contributed by atoms with Gasteiger partial charge < -0.3 is 19.1 Å². The molecular formula is C44H27N5O. The normalized spacial score (nSPS) is 11.7. The van der Waals surface area contributed by atoms with Crippen molar-refractivity contribution in [1.29, 1.82) is 5.26 Å². The first-order chi connectivity index (χ1) is 24.7. The van der Waals surface area contributed by atoms with Crippen molar-refractivity contribution in [3.05, 3.63) is 181 Å². The highest BCUT2D eigenvalue weighted by Gasteiger charge is 2.27. The second kappa shape index (κ2) is 11.8. The number of aromatic nitrogens is 1. The maximum absolute atomic E-state index is 9.60. The standard InChI is InChI=1S/C44H27N5O/c1-46-31-20-24-33(25-21-31)47(32-22-18-30(29-45)19-23-32)34-26-35(48-39-12-4-2-10-37(39)38-11-3-5-13-40(38)48)28-36(27-34)49-41-14-6-8-16-43(41)50-44-17-9-7-15-42(44)49/h2-28H. The average molecular weight is 642 g/mol. The van der Waals surface area contributed by atoms with Crippen LogP contribution in [0.4, 0.5) is 39.8 Å². The number of fused-ring (bicyclic) bond motifs is 5. The zero-order valence-corrected chi connectivity index (χ0v) is 26.7. The highest BCUT2D eigenvalue weighted by atomic mass is 16.5. The van der Waals surface area contributed by atoms with Gasteiger partial charge in [-0.3, -0.25) is 0 Å². The minimum absolute atomic E-state index is 0.565. The maximum atomic E-state index is 9.60. The number of para-hydroxylation sites is 6. The van der Waals surface area contributed by atoms with E-state index in [-0.39, 0.29) is 0 Å². The third kappa shape index (κ3) is 4.72. The Hall–Kier alpha value is -7.28. The van der Waals surface area contributed by atoms with Crippen molar-refractivity contribution in [2.45, 2.75) is 0 Å². The van der Waals surface area contributed by atoms with Gasteiger partial charge in [0, 0.05) is 22.1 Å². The van der Waals surface area contributed by atoms with E-state index in [1.807, 2.05) is 84.9 Å². The summed E-state index contributed by atoms with van der Waals surface area (Å²) in [6.45, 7) is 7.56. The Kier molecular flexibility index (Phi) is 6.79. The lowest BCUT2D eigenvalue weighted by molar-refractivity contribution is 0.477. The van der Waals surface area contributed by atoms with Crippen LogP contribution in [0, 0.1) is 17.9 Å². The SMILES string of the molecule is [C-]#[N+]c1ccc(N(c2ccc(C#N)cc2)c2cc(N3c4ccccc4Oc4ccccc43)cc(-n3c4ccccc4c4ccccc43)c2)cc1. The molecule has 0 amide bonds. The molecule has 0 saturated carbocycles. The van der Waals surface area contributed by atoms with Gasteiger partial charge in [-0.05, 0) is 91.0 Å². The van der Waals surface area contributed by atoms with Crippen LogP contribution in [0.5, 0.6) is 11.5 Å². The lowest BCUT2D eigenvalue weighted by atomic mass is 10.1. The first-order valence-corrected chi connectivity index (χ1v) is 16.3. The van der Waals surface area contributed by atoms with Crippen LogP contribution < -0.4 is 14.5 Å². The fourth-order valence-corrected chi connectivity index (χ4v) is 6.96. The molecule has 0 spiro atoms. The van der Waals surface area contributed by atoms with E-state index in [9.17, 15) is 5.26 Å². The zero-order chi connectivity index (χ0) is 33.6. The van der Waals surface area contributed by atoms with Gasteiger partial charge in [0.1, 0.15) is 0 Å². The summed E-state index contributed by atoms with van der Waals surface area (Å²) in [5, 5.41) is 12.0. The van der Waals surface area contributed by atoms with Crippen LogP contribution in [0.15, 0.2) is 164 Å². The Labute approximate surface area is 289 Å². The number of nitriles is 1. The molecular weight excluding hydrogens is 615 g/mol. The molecule has 0 radical (unpaired) electrons. The molecule has 1 aliphatic rings. The minimum atomic E-state index is 0.565. The summed E-state index contributed by atoms with van der Waals surface area (Å²) in [5.41, 5.74) is 9.81. The molecule has 6 nitrogen and oxygen atoms in total. The molecule has 0 unspecified atom stereocenters. The Morgan fingerprint density at radius 3 is 1.66 bits per heavy atom. The van der Waals surface area contributed by atoms with E-state index in [2.05, 4.69) is 104 Å². The molecule has 1 aromatic heterocycles. The topological polar surface area (TPSA) is 48.8 Å². The molecule has 6 heteroatoms. The molecule has 0 N–H and O–H groups in total. The predicted molar refractivity (Wildman–Crippen MR) is 201 cm³/mol. The summed E-state index contributed by atoms with van der Waals surface area (Å²) in [4.78, 5) is 8.07. The van der Waals surface area contributed by atoms with E-state index >= 15 is 0 Å². The molecule has 0 bridgehead atoms. The molecule has 50 heavy (non-hydrogen) atoms. The molecule has 7 aromatic carbocycles. The minimum Gasteiger partial charge on any atom is -0.453 e. The number of benzene rings is 7. The first-order valence-electron chi connectivity index (χ1n) is 16.3. The summed E-state index contributed by atoms with van der Waals surface area (Å²) < 4.78 is 8.73. The molecule has 9 rings (SSSR count). The summed E-state index contributed by atoms with van der Waals surface area (Å²) in [6, 6.07) is 57.3. The third-order valence-corrected chi connectivity index (χ3v) is 9.17. The molecule has 0 fully saturated rings. The molecule has 8 aromatic rings. The summed E-state index contributed by atoms with van der Waals surface area (Å²) in [7, 11) is 0. The number of rotatable bonds is 5.